The highest BCUT2D eigenvalue weighted by molar-refractivity contribution is 6.02. The fourth-order valence-corrected chi connectivity index (χ4v) is 4.52. The van der Waals surface area contributed by atoms with Crippen molar-refractivity contribution in [3.8, 4) is 11.5 Å². The van der Waals surface area contributed by atoms with Crippen molar-refractivity contribution in [3.05, 3.63) is 59.7 Å². The van der Waals surface area contributed by atoms with Gasteiger partial charge in [0.05, 0.1) is 14.2 Å². The molecule has 0 aliphatic carbocycles. The maximum absolute atomic E-state index is 13.3. The maximum Gasteiger partial charge on any atom is 0.334 e. The summed E-state index contributed by atoms with van der Waals surface area (Å²) in [7, 11) is 3.20. The van der Waals surface area contributed by atoms with E-state index in [2.05, 4.69) is 6.58 Å². The van der Waals surface area contributed by atoms with Crippen molar-refractivity contribution in [1.82, 2.24) is 4.90 Å². The number of carbonyl (C=O) groups excluding carboxylic acids is 2. The monoisotopic (exact) mass is 421 g/mol. The lowest BCUT2D eigenvalue weighted by Gasteiger charge is -2.43. The summed E-state index contributed by atoms with van der Waals surface area (Å²) >= 11 is 0. The SMILES string of the molecule is C=CC1=C(C)C(=O)OC2(CCN(C(=O)c3cc(OC)c4cccc(OC)c4c3)CC2)C1. The lowest BCUT2D eigenvalue weighted by molar-refractivity contribution is -0.161. The summed E-state index contributed by atoms with van der Waals surface area (Å²) in [6.45, 7) is 6.63. The van der Waals surface area contributed by atoms with Gasteiger partial charge in [-0.15, -0.1) is 0 Å². The van der Waals surface area contributed by atoms with Gasteiger partial charge in [-0.05, 0) is 30.7 Å². The standard InChI is InChI=1S/C25H27NO5/c1-5-17-15-25(31-24(28)16(17)2)9-11-26(12-10-25)23(27)18-13-20-19(22(14-18)30-4)7-6-8-21(20)29-3/h5-8,13-14H,1,9-12,15H2,2-4H3. The average Bonchev–Trinajstić information content (AvgIpc) is 2.80. The number of hydrogen-bond donors (Lipinski definition) is 0. The molecule has 1 fully saturated rings. The second-order valence-corrected chi connectivity index (χ2v) is 8.13. The first-order valence-corrected chi connectivity index (χ1v) is 10.4. The lowest BCUT2D eigenvalue weighted by Crippen LogP contribution is -2.50. The number of allylic oxidation sites excluding steroid dienone is 1. The Hall–Kier alpha value is -3.28. The lowest BCUT2D eigenvalue weighted by atomic mass is 9.81. The summed E-state index contributed by atoms with van der Waals surface area (Å²) in [4.78, 5) is 27.4. The minimum Gasteiger partial charge on any atom is -0.496 e. The number of rotatable bonds is 4. The van der Waals surface area contributed by atoms with Crippen LogP contribution in [0.5, 0.6) is 11.5 Å². The molecule has 162 valence electrons. The molecule has 2 aliphatic heterocycles. The van der Waals surface area contributed by atoms with Crippen LogP contribution in [0.1, 0.15) is 36.5 Å². The number of ether oxygens (including phenoxy) is 3. The fourth-order valence-electron chi connectivity index (χ4n) is 4.52. The van der Waals surface area contributed by atoms with E-state index in [1.165, 1.54) is 0 Å². The summed E-state index contributed by atoms with van der Waals surface area (Å²) in [5.41, 5.74) is 1.55. The van der Waals surface area contributed by atoms with E-state index in [9.17, 15) is 9.59 Å². The predicted molar refractivity (Wildman–Crippen MR) is 119 cm³/mol. The number of fused-ring (bicyclic) bond motifs is 1. The van der Waals surface area contributed by atoms with E-state index >= 15 is 0 Å². The van der Waals surface area contributed by atoms with Crippen LogP contribution >= 0.6 is 0 Å². The van der Waals surface area contributed by atoms with Crippen LogP contribution in [0.4, 0.5) is 0 Å². The highest BCUT2D eigenvalue weighted by Gasteiger charge is 2.43. The molecule has 0 bridgehead atoms. The van der Waals surface area contributed by atoms with Crippen LogP contribution in [0.3, 0.4) is 0 Å². The number of methoxy groups -OCH3 is 2. The zero-order valence-electron chi connectivity index (χ0n) is 18.2. The molecule has 31 heavy (non-hydrogen) atoms. The molecule has 6 nitrogen and oxygen atoms in total. The second kappa shape index (κ2) is 8.10. The van der Waals surface area contributed by atoms with Crippen LogP contribution in [-0.4, -0.2) is 49.7 Å². The minimum absolute atomic E-state index is 0.0706. The third-order valence-corrected chi connectivity index (χ3v) is 6.42. The zero-order chi connectivity index (χ0) is 22.2. The van der Waals surface area contributed by atoms with Crippen LogP contribution in [0.2, 0.25) is 0 Å². The van der Waals surface area contributed by atoms with Crippen molar-refractivity contribution in [2.24, 2.45) is 0 Å². The number of carbonyl (C=O) groups is 2. The molecule has 4 rings (SSSR count). The molecule has 1 spiro atoms. The number of amides is 1. The molecule has 0 N–H and O–H groups in total. The van der Waals surface area contributed by atoms with Crippen LogP contribution < -0.4 is 9.47 Å². The van der Waals surface area contributed by atoms with Gasteiger partial charge >= 0.3 is 5.97 Å². The Labute approximate surface area is 182 Å². The Bertz CT molecular complexity index is 1090. The summed E-state index contributed by atoms with van der Waals surface area (Å²) in [6.07, 6.45) is 3.59. The Balaban J connectivity index is 1.58. The minimum atomic E-state index is -0.554. The summed E-state index contributed by atoms with van der Waals surface area (Å²) < 4.78 is 16.8. The average molecular weight is 421 g/mol. The Kier molecular flexibility index (Phi) is 5.48. The second-order valence-electron chi connectivity index (χ2n) is 8.13. The largest absolute Gasteiger partial charge is 0.496 e. The van der Waals surface area contributed by atoms with Gasteiger partial charge in [0.2, 0.25) is 0 Å². The van der Waals surface area contributed by atoms with E-state index < -0.39 is 5.60 Å². The highest BCUT2D eigenvalue weighted by atomic mass is 16.6. The normalized spacial score (nSPS) is 18.2. The van der Waals surface area contributed by atoms with Crippen LogP contribution in [-0.2, 0) is 9.53 Å². The van der Waals surface area contributed by atoms with Crippen molar-refractivity contribution >= 4 is 22.6 Å². The summed E-state index contributed by atoms with van der Waals surface area (Å²) in [6, 6.07) is 9.34. The molecule has 2 aliphatic rings. The number of hydrogen-bond acceptors (Lipinski definition) is 5. The van der Waals surface area contributed by atoms with Gasteiger partial charge in [0.25, 0.3) is 5.91 Å². The molecular weight excluding hydrogens is 394 g/mol. The zero-order valence-corrected chi connectivity index (χ0v) is 18.2. The summed E-state index contributed by atoms with van der Waals surface area (Å²) in [5.74, 6) is 0.966. The number of nitrogens with zero attached hydrogens (tertiary/aromatic N) is 1. The van der Waals surface area contributed by atoms with Gasteiger partial charge < -0.3 is 19.1 Å². The smallest absolute Gasteiger partial charge is 0.334 e. The number of piperidine rings is 1. The van der Waals surface area contributed by atoms with E-state index in [4.69, 9.17) is 14.2 Å². The number of benzene rings is 2. The third-order valence-electron chi connectivity index (χ3n) is 6.42. The summed E-state index contributed by atoms with van der Waals surface area (Å²) in [5, 5.41) is 1.72. The molecule has 6 heteroatoms. The van der Waals surface area contributed by atoms with Crippen molar-refractivity contribution in [2.75, 3.05) is 27.3 Å². The molecule has 0 unspecified atom stereocenters. The Morgan fingerprint density at radius 1 is 1.13 bits per heavy atom. The number of likely N-dealkylation sites (tertiary alicyclic amines) is 1. The first-order valence-electron chi connectivity index (χ1n) is 10.4. The Morgan fingerprint density at radius 3 is 2.48 bits per heavy atom. The van der Waals surface area contributed by atoms with Gasteiger partial charge in [-0.2, -0.15) is 0 Å². The van der Waals surface area contributed by atoms with E-state index in [0.717, 1.165) is 16.3 Å². The third kappa shape index (κ3) is 3.67. The highest BCUT2D eigenvalue weighted by Crippen LogP contribution is 2.39. The fraction of sp³-hybridized carbons (Fsp3) is 0.360. The van der Waals surface area contributed by atoms with E-state index in [1.807, 2.05) is 29.2 Å². The van der Waals surface area contributed by atoms with Gasteiger partial charge in [-0.25, -0.2) is 4.79 Å². The first-order chi connectivity index (χ1) is 14.9. The molecule has 2 aromatic rings. The molecule has 1 saturated heterocycles. The van der Waals surface area contributed by atoms with Crippen molar-refractivity contribution < 1.29 is 23.8 Å². The maximum atomic E-state index is 13.3. The predicted octanol–water partition coefficient (Wildman–Crippen LogP) is 4.28. The van der Waals surface area contributed by atoms with E-state index in [0.29, 0.717) is 55.0 Å². The molecule has 2 heterocycles. The van der Waals surface area contributed by atoms with Crippen molar-refractivity contribution in [1.29, 1.82) is 0 Å². The molecule has 0 radical (unpaired) electrons. The van der Waals surface area contributed by atoms with Crippen LogP contribution in [0, 0.1) is 0 Å². The molecular formula is C25H27NO5. The van der Waals surface area contributed by atoms with E-state index in [-0.39, 0.29) is 11.9 Å². The van der Waals surface area contributed by atoms with Gasteiger partial charge in [0.15, 0.2) is 0 Å². The van der Waals surface area contributed by atoms with Crippen molar-refractivity contribution in [3.63, 3.8) is 0 Å². The molecule has 0 aromatic heterocycles. The van der Waals surface area contributed by atoms with Crippen LogP contribution in [0.15, 0.2) is 54.1 Å². The first kappa shape index (κ1) is 21.0. The number of esters is 1. The Morgan fingerprint density at radius 2 is 1.84 bits per heavy atom. The molecule has 2 aromatic carbocycles. The van der Waals surface area contributed by atoms with E-state index in [1.54, 1.807) is 33.3 Å². The van der Waals surface area contributed by atoms with Gasteiger partial charge in [0.1, 0.15) is 17.1 Å². The quantitative estimate of drug-likeness (QED) is 0.690. The van der Waals surface area contributed by atoms with Crippen LogP contribution in [0.25, 0.3) is 10.8 Å². The van der Waals surface area contributed by atoms with Gasteiger partial charge in [-0.1, -0.05) is 24.8 Å². The molecule has 0 saturated carbocycles. The molecule has 1 amide bonds. The van der Waals surface area contributed by atoms with Crippen molar-refractivity contribution in [2.45, 2.75) is 31.8 Å². The molecule has 0 atom stereocenters. The van der Waals surface area contributed by atoms with Gasteiger partial charge in [-0.3, -0.25) is 4.79 Å². The topological polar surface area (TPSA) is 65.1 Å². The van der Waals surface area contributed by atoms with Gasteiger partial charge in [0, 0.05) is 54.3 Å².